The van der Waals surface area contributed by atoms with E-state index in [0.29, 0.717) is 19.3 Å². The minimum absolute atomic E-state index is 0.0506. The molecular formula is C67H112O12. The van der Waals surface area contributed by atoms with E-state index in [1.54, 1.807) is 0 Å². The fraction of sp³-hybridized carbons (Fsp3) is 0.731. The number of carbonyl (C=O) groups excluding carboxylic acids is 3. The second-order valence-electron chi connectivity index (χ2n) is 21.3. The van der Waals surface area contributed by atoms with Crippen LogP contribution in [0.3, 0.4) is 0 Å². The summed E-state index contributed by atoms with van der Waals surface area (Å²) in [6.45, 7) is 5.79. The highest BCUT2D eigenvalue weighted by Gasteiger charge is 2.50. The van der Waals surface area contributed by atoms with Crippen LogP contribution in [0.1, 0.15) is 265 Å². The zero-order valence-electron chi connectivity index (χ0n) is 49.8. The predicted octanol–water partition coefficient (Wildman–Crippen LogP) is 16.7. The Hall–Kier alpha value is -4.10. The molecule has 12 heteroatoms. The normalized spacial score (nSPS) is 18.4. The number of hydrogen-bond donors (Lipinski definition) is 3. The second-order valence-corrected chi connectivity index (χ2v) is 21.3. The molecule has 0 bridgehead atoms. The number of aliphatic hydroxyl groups excluding tert-OH is 2. The monoisotopic (exact) mass is 1110 g/mol. The number of hydrogen-bond acceptors (Lipinski definition) is 11. The number of unbranched alkanes of at least 4 members (excludes halogenated alkanes) is 25. The molecule has 1 rings (SSSR count). The van der Waals surface area contributed by atoms with Gasteiger partial charge in [-0.3, -0.25) is 14.4 Å². The Kier molecular flexibility index (Phi) is 50.3. The number of allylic oxidation sites excluding steroid dienone is 14. The van der Waals surface area contributed by atoms with Crippen molar-refractivity contribution in [2.45, 2.75) is 302 Å². The smallest absolute Gasteiger partial charge is 0.335 e. The molecule has 0 aromatic rings. The van der Waals surface area contributed by atoms with Crippen LogP contribution in [0.4, 0.5) is 0 Å². The van der Waals surface area contributed by atoms with Crippen molar-refractivity contribution in [1.82, 2.24) is 0 Å². The van der Waals surface area contributed by atoms with Crippen LogP contribution in [0, 0.1) is 0 Å². The van der Waals surface area contributed by atoms with Crippen molar-refractivity contribution in [3.05, 3.63) is 85.1 Å². The van der Waals surface area contributed by atoms with Gasteiger partial charge in [-0.1, -0.05) is 221 Å². The number of esters is 3. The van der Waals surface area contributed by atoms with Gasteiger partial charge in [0, 0.05) is 19.3 Å². The Labute approximate surface area is 480 Å². The van der Waals surface area contributed by atoms with E-state index in [1.807, 2.05) is 0 Å². The van der Waals surface area contributed by atoms with Gasteiger partial charge in [0.15, 0.2) is 24.6 Å². The molecular weight excluding hydrogens is 997 g/mol. The van der Waals surface area contributed by atoms with Crippen LogP contribution in [0.2, 0.25) is 0 Å². The van der Waals surface area contributed by atoms with E-state index in [4.69, 9.17) is 23.7 Å². The van der Waals surface area contributed by atoms with E-state index in [2.05, 4.69) is 106 Å². The summed E-state index contributed by atoms with van der Waals surface area (Å²) in [6, 6.07) is 0. The van der Waals surface area contributed by atoms with Gasteiger partial charge in [-0.15, -0.1) is 0 Å². The first kappa shape index (κ1) is 72.9. The van der Waals surface area contributed by atoms with Gasteiger partial charge in [0.25, 0.3) is 0 Å². The highest BCUT2D eigenvalue weighted by molar-refractivity contribution is 5.74. The molecule has 3 N–H and O–H groups in total. The summed E-state index contributed by atoms with van der Waals surface area (Å²) in [7, 11) is 0. The molecule has 6 atom stereocenters. The van der Waals surface area contributed by atoms with Crippen molar-refractivity contribution in [3.63, 3.8) is 0 Å². The molecule has 0 radical (unpaired) electrons. The van der Waals surface area contributed by atoms with Gasteiger partial charge in [0.05, 0.1) is 6.61 Å². The zero-order valence-corrected chi connectivity index (χ0v) is 49.8. The highest BCUT2D eigenvalue weighted by Crippen LogP contribution is 2.26. The number of aliphatic hydroxyl groups is 2. The summed E-state index contributed by atoms with van der Waals surface area (Å²) in [6.07, 6.45) is 58.2. The average Bonchev–Trinajstić information content (AvgIpc) is 3.47. The van der Waals surface area contributed by atoms with Crippen molar-refractivity contribution in [2.75, 3.05) is 13.2 Å². The Bertz CT molecular complexity index is 1700. The molecule has 1 heterocycles. The molecule has 0 amide bonds. The summed E-state index contributed by atoms with van der Waals surface area (Å²) >= 11 is 0. The maximum absolute atomic E-state index is 13.2. The fourth-order valence-corrected chi connectivity index (χ4v) is 9.10. The summed E-state index contributed by atoms with van der Waals surface area (Å²) < 4.78 is 28.5. The van der Waals surface area contributed by atoms with Gasteiger partial charge >= 0.3 is 23.9 Å². The average molecular weight is 1110 g/mol. The lowest BCUT2D eigenvalue weighted by molar-refractivity contribution is -0.301. The number of ether oxygens (including phenoxy) is 5. The second kappa shape index (κ2) is 54.5. The first-order chi connectivity index (χ1) is 38.6. The van der Waals surface area contributed by atoms with Gasteiger partial charge in [-0.2, -0.15) is 0 Å². The minimum Gasteiger partial charge on any atom is -0.479 e. The van der Waals surface area contributed by atoms with Crippen LogP contribution in [-0.4, -0.2) is 89.2 Å². The maximum atomic E-state index is 13.2. The van der Waals surface area contributed by atoms with Crippen LogP contribution >= 0.6 is 0 Å². The zero-order chi connectivity index (χ0) is 57.5. The predicted molar refractivity (Wildman–Crippen MR) is 321 cm³/mol. The number of carboxylic acid groups (broad SMARTS) is 1. The third kappa shape index (κ3) is 44.3. The number of carboxylic acids is 1. The van der Waals surface area contributed by atoms with Crippen molar-refractivity contribution in [3.8, 4) is 0 Å². The van der Waals surface area contributed by atoms with E-state index < -0.39 is 67.3 Å². The van der Waals surface area contributed by atoms with E-state index in [9.17, 15) is 34.5 Å². The lowest BCUT2D eigenvalue weighted by Gasteiger charge is -2.40. The molecule has 0 aromatic heterocycles. The molecule has 1 fully saturated rings. The van der Waals surface area contributed by atoms with Crippen LogP contribution in [0.25, 0.3) is 0 Å². The van der Waals surface area contributed by atoms with Gasteiger partial charge in [-0.25, -0.2) is 4.79 Å². The van der Waals surface area contributed by atoms with Crippen molar-refractivity contribution in [1.29, 1.82) is 0 Å². The largest absolute Gasteiger partial charge is 0.479 e. The molecule has 12 nitrogen and oxygen atoms in total. The molecule has 452 valence electrons. The van der Waals surface area contributed by atoms with Crippen LogP contribution in [-0.2, 0) is 42.9 Å². The molecule has 0 saturated carbocycles. The third-order valence-electron chi connectivity index (χ3n) is 13.9. The van der Waals surface area contributed by atoms with Gasteiger partial charge in [0.1, 0.15) is 18.8 Å². The molecule has 0 aliphatic carbocycles. The number of carbonyl (C=O) groups is 4. The molecule has 0 spiro atoms. The Balaban J connectivity index is 2.66. The van der Waals surface area contributed by atoms with E-state index in [0.717, 1.165) is 148 Å². The van der Waals surface area contributed by atoms with Crippen LogP contribution in [0.15, 0.2) is 85.1 Å². The molecule has 1 saturated heterocycles. The Morgan fingerprint density at radius 2 is 0.823 bits per heavy atom. The first-order valence-corrected chi connectivity index (χ1v) is 31.6. The first-order valence-electron chi connectivity index (χ1n) is 31.6. The van der Waals surface area contributed by atoms with E-state index in [1.165, 1.54) is 57.8 Å². The Morgan fingerprint density at radius 1 is 0.430 bits per heavy atom. The van der Waals surface area contributed by atoms with Crippen molar-refractivity contribution >= 4 is 23.9 Å². The van der Waals surface area contributed by atoms with Crippen LogP contribution < -0.4 is 0 Å². The summed E-state index contributed by atoms with van der Waals surface area (Å²) in [4.78, 5) is 51.2. The van der Waals surface area contributed by atoms with Gasteiger partial charge in [-0.05, 0) is 109 Å². The van der Waals surface area contributed by atoms with E-state index in [-0.39, 0.29) is 25.9 Å². The van der Waals surface area contributed by atoms with Crippen LogP contribution in [0.5, 0.6) is 0 Å². The van der Waals surface area contributed by atoms with E-state index >= 15 is 0 Å². The lowest BCUT2D eigenvalue weighted by atomic mass is 9.98. The third-order valence-corrected chi connectivity index (χ3v) is 13.9. The van der Waals surface area contributed by atoms with Gasteiger partial charge in [0.2, 0.25) is 0 Å². The molecule has 6 unspecified atom stereocenters. The van der Waals surface area contributed by atoms with Crippen molar-refractivity contribution < 1.29 is 58.2 Å². The highest BCUT2D eigenvalue weighted by atomic mass is 16.7. The topological polar surface area (TPSA) is 175 Å². The molecule has 1 aliphatic heterocycles. The molecule has 79 heavy (non-hydrogen) atoms. The number of rotatable bonds is 53. The molecule has 1 aliphatic rings. The standard InChI is InChI=1S/C67H112O12/c1-4-7-10-13-16-19-22-25-27-29-30-32-34-37-40-43-46-49-52-55-61(70)78-65-63(72)62(71)64(66(73)74)79-67(65)76-57-58(77-60(69)54-51-48-45-42-39-35-24-21-18-15-12-9-6-3)56-75-59(68)53-50-47-44-41-38-36-33-31-28-26-23-20-17-14-11-8-5-2/h8,11-12,15-17,19-21,24-28,58,62-65,67,71-72H,4-7,9-10,13-14,18,22-23,29-57H2,1-3H3,(H,73,74)/b11-8-,15-12-,19-16-,20-17-,24-21-,27-25-,28-26-. The minimum atomic E-state index is -1.91. The van der Waals surface area contributed by atoms with Crippen molar-refractivity contribution in [2.24, 2.45) is 0 Å². The lowest BCUT2D eigenvalue weighted by Crippen LogP contribution is -2.61. The fourth-order valence-electron chi connectivity index (χ4n) is 9.10. The maximum Gasteiger partial charge on any atom is 0.335 e. The quantitative estimate of drug-likeness (QED) is 0.0228. The molecule has 0 aromatic carbocycles. The number of aliphatic carboxylic acids is 1. The van der Waals surface area contributed by atoms with Gasteiger partial charge < -0.3 is 39.0 Å². The summed E-state index contributed by atoms with van der Waals surface area (Å²) in [5.74, 6) is -3.15. The Morgan fingerprint density at radius 3 is 1.27 bits per heavy atom. The SMILES string of the molecule is CC/C=C\C/C=C\C/C=C\CCCCCCCCCC(=O)OCC(COC1OC(C(=O)O)C(O)C(O)C1OC(=O)CCCCCCCCCCC/C=C\C/C=C\CCCCC)OC(=O)CCCCCCC/C=C\C/C=C\CCC. The summed E-state index contributed by atoms with van der Waals surface area (Å²) in [5, 5.41) is 31.6. The summed E-state index contributed by atoms with van der Waals surface area (Å²) in [5.41, 5.74) is 0.